The number of ketones is 1. The third kappa shape index (κ3) is 5.26. The van der Waals surface area contributed by atoms with Crippen LogP contribution in [0, 0.1) is 5.82 Å². The molecule has 1 N–H and O–H groups in total. The maximum Gasteiger partial charge on any atom is 0.259 e. The van der Waals surface area contributed by atoms with Gasteiger partial charge in [-0.1, -0.05) is 43.2 Å². The van der Waals surface area contributed by atoms with E-state index in [1.165, 1.54) is 35.6 Å². The molecule has 2 amide bonds. The first-order valence-electron chi connectivity index (χ1n) is 12.3. The normalized spacial score (nSPS) is 19.3. The van der Waals surface area contributed by atoms with Gasteiger partial charge in [0.1, 0.15) is 17.7 Å². The van der Waals surface area contributed by atoms with E-state index in [1.54, 1.807) is 0 Å². The summed E-state index contributed by atoms with van der Waals surface area (Å²) in [4.78, 5) is 49.3. The highest BCUT2D eigenvalue weighted by atomic mass is 32.2. The maximum atomic E-state index is 13.4. The summed E-state index contributed by atoms with van der Waals surface area (Å²) >= 11 is 1.15. The Morgan fingerprint density at radius 3 is 2.58 bits per heavy atom. The number of nitrogens with zero attached hydrogens (tertiary/aromatic N) is 3. The lowest BCUT2D eigenvalue weighted by Crippen LogP contribution is -2.41. The molecule has 1 fully saturated rings. The monoisotopic (exact) mass is 506 g/mol. The van der Waals surface area contributed by atoms with Crippen molar-refractivity contribution in [1.29, 1.82) is 0 Å². The lowest BCUT2D eigenvalue weighted by atomic mass is 9.95. The van der Waals surface area contributed by atoms with E-state index in [-0.39, 0.29) is 35.8 Å². The molecule has 1 aliphatic carbocycles. The number of rotatable bonds is 7. The summed E-state index contributed by atoms with van der Waals surface area (Å²) in [5, 5.41) is 3.47. The molecule has 2 aliphatic heterocycles. The van der Waals surface area contributed by atoms with Crippen molar-refractivity contribution < 1.29 is 18.8 Å². The second-order valence-electron chi connectivity index (χ2n) is 9.21. The summed E-state index contributed by atoms with van der Waals surface area (Å²) in [6.07, 6.45) is 6.04. The van der Waals surface area contributed by atoms with E-state index in [0.29, 0.717) is 28.7 Å². The summed E-state index contributed by atoms with van der Waals surface area (Å²) in [7, 11) is 0. The maximum absolute atomic E-state index is 13.4. The molecule has 2 heterocycles. The van der Waals surface area contributed by atoms with E-state index >= 15 is 0 Å². The highest BCUT2D eigenvalue weighted by Crippen LogP contribution is 2.34. The van der Waals surface area contributed by atoms with Gasteiger partial charge < -0.3 is 5.32 Å². The van der Waals surface area contributed by atoms with Crippen molar-refractivity contribution in [3.8, 4) is 0 Å². The van der Waals surface area contributed by atoms with Gasteiger partial charge in [0.15, 0.2) is 11.0 Å². The molecule has 0 saturated heterocycles. The fourth-order valence-electron chi connectivity index (χ4n) is 4.75. The molecule has 0 bridgehead atoms. The zero-order valence-electron chi connectivity index (χ0n) is 19.8. The molecule has 0 spiro atoms. The van der Waals surface area contributed by atoms with Crippen molar-refractivity contribution in [3.05, 3.63) is 65.5 Å². The average Bonchev–Trinajstić information content (AvgIpc) is 3.23. The number of amidine groups is 2. The van der Waals surface area contributed by atoms with Gasteiger partial charge >= 0.3 is 0 Å². The number of para-hydroxylation sites is 1. The molecule has 2 aromatic rings. The van der Waals surface area contributed by atoms with Crippen LogP contribution in [0.5, 0.6) is 0 Å². The predicted octanol–water partition coefficient (Wildman–Crippen LogP) is 4.63. The summed E-state index contributed by atoms with van der Waals surface area (Å²) in [6, 6.07) is 12.3. The van der Waals surface area contributed by atoms with Crippen LogP contribution in [-0.4, -0.2) is 51.3 Å². The highest BCUT2D eigenvalue weighted by Gasteiger charge is 2.41. The summed E-state index contributed by atoms with van der Waals surface area (Å²) < 4.78 is 13.2. The zero-order valence-corrected chi connectivity index (χ0v) is 20.6. The number of benzene rings is 2. The van der Waals surface area contributed by atoms with E-state index < -0.39 is 11.9 Å². The topological polar surface area (TPSA) is 91.2 Å². The van der Waals surface area contributed by atoms with Crippen molar-refractivity contribution in [2.75, 3.05) is 5.75 Å². The quantitative estimate of drug-likeness (QED) is 0.555. The average molecular weight is 507 g/mol. The van der Waals surface area contributed by atoms with Gasteiger partial charge in [-0.3, -0.25) is 19.4 Å². The van der Waals surface area contributed by atoms with Gasteiger partial charge in [0.25, 0.3) is 5.91 Å². The van der Waals surface area contributed by atoms with Crippen molar-refractivity contribution in [2.24, 2.45) is 9.98 Å². The van der Waals surface area contributed by atoms with Gasteiger partial charge in [0.2, 0.25) is 5.91 Å². The van der Waals surface area contributed by atoms with Gasteiger partial charge in [-0.15, -0.1) is 0 Å². The summed E-state index contributed by atoms with van der Waals surface area (Å²) in [5.41, 5.74) is 1.81. The fourth-order valence-corrected chi connectivity index (χ4v) is 5.65. The largest absolute Gasteiger partial charge is 0.353 e. The van der Waals surface area contributed by atoms with Gasteiger partial charge in [0, 0.05) is 23.6 Å². The second kappa shape index (κ2) is 10.7. The standard InChI is InChI=1S/C27H27FN4O3S/c28-18-12-10-17(11-13-18)23(33)16-36-27-31-21-9-5-4-8-20(21)25-30-22(26(35)32(25)27)14-15-24(34)29-19-6-2-1-3-7-19/h4-5,8-13,19,22H,1-3,6-7,14-16H2,(H,29,34)/t22-/m0/s1. The minimum absolute atomic E-state index is 0.0398. The van der Waals surface area contributed by atoms with Gasteiger partial charge in [-0.2, -0.15) is 0 Å². The van der Waals surface area contributed by atoms with E-state index in [4.69, 9.17) is 0 Å². The minimum Gasteiger partial charge on any atom is -0.353 e. The highest BCUT2D eigenvalue weighted by molar-refractivity contribution is 8.14. The lowest BCUT2D eigenvalue weighted by Gasteiger charge is -2.25. The number of halogens is 1. The minimum atomic E-state index is -0.679. The van der Waals surface area contributed by atoms with E-state index in [9.17, 15) is 18.8 Å². The molecule has 0 unspecified atom stereocenters. The Kier molecular flexibility index (Phi) is 7.27. The van der Waals surface area contributed by atoms with Crippen LogP contribution in [0.4, 0.5) is 10.1 Å². The first-order chi connectivity index (χ1) is 17.5. The van der Waals surface area contributed by atoms with E-state index in [2.05, 4.69) is 15.3 Å². The smallest absolute Gasteiger partial charge is 0.259 e. The molecule has 36 heavy (non-hydrogen) atoms. The van der Waals surface area contributed by atoms with Crippen molar-refractivity contribution in [3.63, 3.8) is 0 Å². The molecule has 3 aliphatic rings. The Morgan fingerprint density at radius 1 is 1.06 bits per heavy atom. The van der Waals surface area contributed by atoms with E-state index in [1.807, 2.05) is 24.3 Å². The molecular weight excluding hydrogens is 479 g/mol. The number of amides is 2. The van der Waals surface area contributed by atoms with Crippen molar-refractivity contribution in [2.45, 2.75) is 57.0 Å². The molecule has 7 nitrogen and oxygen atoms in total. The van der Waals surface area contributed by atoms with Gasteiger partial charge in [-0.25, -0.2) is 14.3 Å². The fraction of sp³-hybridized carbons (Fsp3) is 0.370. The number of Topliss-reactive ketones (excluding diaryl/α,β-unsaturated/α-hetero) is 1. The SMILES string of the molecule is O=C(CC[C@@H]1N=C2c3ccccc3N=C(SCC(=O)c3ccc(F)cc3)N2C1=O)NC1CCCCC1. The first-order valence-corrected chi connectivity index (χ1v) is 13.3. The molecule has 5 rings (SSSR count). The number of carbonyl (C=O) groups is 3. The van der Waals surface area contributed by atoms with Crippen LogP contribution >= 0.6 is 11.8 Å². The molecule has 1 saturated carbocycles. The lowest BCUT2D eigenvalue weighted by molar-refractivity contribution is -0.125. The Hall–Kier alpha value is -3.33. The Morgan fingerprint density at radius 2 is 1.81 bits per heavy atom. The molecule has 0 radical (unpaired) electrons. The summed E-state index contributed by atoms with van der Waals surface area (Å²) in [6.45, 7) is 0. The number of nitrogens with one attached hydrogen (secondary N) is 1. The van der Waals surface area contributed by atoms with Crippen molar-refractivity contribution >= 4 is 46.1 Å². The Balaban J connectivity index is 1.28. The van der Waals surface area contributed by atoms with Gasteiger partial charge in [0.05, 0.1) is 11.4 Å². The molecule has 9 heteroatoms. The number of hydrogen-bond acceptors (Lipinski definition) is 6. The number of aliphatic imine (C=N–C) groups is 2. The number of hydrogen-bond donors (Lipinski definition) is 1. The van der Waals surface area contributed by atoms with Crippen LogP contribution in [0.2, 0.25) is 0 Å². The molecule has 2 aromatic carbocycles. The Bertz CT molecular complexity index is 1240. The van der Waals surface area contributed by atoms with Crippen LogP contribution in [0.25, 0.3) is 0 Å². The number of fused-ring (bicyclic) bond motifs is 3. The van der Waals surface area contributed by atoms with Crippen LogP contribution in [0.1, 0.15) is 60.9 Å². The number of carbonyl (C=O) groups excluding carboxylic acids is 3. The van der Waals surface area contributed by atoms with Crippen LogP contribution in [0.3, 0.4) is 0 Å². The third-order valence-corrected chi connectivity index (χ3v) is 7.60. The van der Waals surface area contributed by atoms with Crippen LogP contribution < -0.4 is 5.32 Å². The second-order valence-corrected chi connectivity index (χ2v) is 10.2. The third-order valence-electron chi connectivity index (χ3n) is 6.66. The molecule has 0 aromatic heterocycles. The zero-order chi connectivity index (χ0) is 25.1. The molecule has 186 valence electrons. The predicted molar refractivity (Wildman–Crippen MR) is 138 cm³/mol. The van der Waals surface area contributed by atoms with Crippen LogP contribution in [0.15, 0.2) is 58.5 Å². The van der Waals surface area contributed by atoms with Gasteiger partial charge in [-0.05, 0) is 55.7 Å². The summed E-state index contributed by atoms with van der Waals surface area (Å²) in [5.74, 6) is -0.353. The van der Waals surface area contributed by atoms with E-state index in [0.717, 1.165) is 43.0 Å². The Labute approximate surface area is 213 Å². The van der Waals surface area contributed by atoms with Crippen molar-refractivity contribution in [1.82, 2.24) is 10.2 Å². The molecule has 1 atom stereocenters. The molecular formula is C27H27FN4O3S. The first kappa shape index (κ1) is 24.4. The number of thioether (sulfide) groups is 1. The van der Waals surface area contributed by atoms with Crippen LogP contribution in [-0.2, 0) is 9.59 Å².